The van der Waals surface area contributed by atoms with Crippen LogP contribution >= 0.6 is 0 Å². The Morgan fingerprint density at radius 3 is 2.20 bits per heavy atom. The molecule has 35 heavy (non-hydrogen) atoms. The minimum Gasteiger partial charge on any atom is -0.352 e. The first-order valence-corrected chi connectivity index (χ1v) is 13.7. The average molecular weight is 506 g/mol. The number of amides is 2. The molecule has 2 aromatic rings. The van der Waals surface area contributed by atoms with E-state index < -0.39 is 21.9 Å². The topological polar surface area (TPSA) is 86.8 Å². The molecule has 0 unspecified atom stereocenters. The Hall–Kier alpha value is -2.94. The molecule has 0 radical (unpaired) electrons. The van der Waals surface area contributed by atoms with Crippen LogP contribution in [0.3, 0.4) is 0 Å². The third-order valence-electron chi connectivity index (χ3n) is 5.92. The van der Waals surface area contributed by atoms with E-state index in [0.29, 0.717) is 18.7 Å². The summed E-state index contributed by atoms with van der Waals surface area (Å²) in [7, 11) is -3.62. The summed E-state index contributed by atoms with van der Waals surface area (Å²) in [5, 5.41) is 2.93. The highest BCUT2D eigenvalue weighted by Gasteiger charge is 2.26. The minimum absolute atomic E-state index is 0.00458. The second-order valence-electron chi connectivity index (χ2n) is 8.73. The molecule has 0 fully saturated rings. The second kappa shape index (κ2) is 13.2. The van der Waals surface area contributed by atoms with E-state index in [1.54, 1.807) is 11.8 Å². The first kappa shape index (κ1) is 28.3. The first-order chi connectivity index (χ1) is 16.5. The summed E-state index contributed by atoms with van der Waals surface area (Å²) in [6, 6.07) is 14.2. The lowest BCUT2D eigenvalue weighted by Gasteiger charge is -2.30. The van der Waals surface area contributed by atoms with Crippen LogP contribution in [0.4, 0.5) is 10.1 Å². The van der Waals surface area contributed by atoms with E-state index in [9.17, 15) is 22.4 Å². The highest BCUT2D eigenvalue weighted by atomic mass is 32.2. The predicted octanol–water partition coefficient (Wildman–Crippen LogP) is 3.75. The molecule has 9 heteroatoms. The molecular formula is C26H36FN3O4S. The molecule has 0 aliphatic carbocycles. The van der Waals surface area contributed by atoms with Crippen LogP contribution in [0.5, 0.6) is 0 Å². The maximum atomic E-state index is 13.3. The molecule has 0 aromatic heterocycles. The number of nitrogens with one attached hydrogen (secondary N) is 1. The maximum Gasteiger partial charge on any atom is 0.242 e. The fraction of sp³-hybridized carbons (Fsp3) is 0.462. The molecule has 7 nitrogen and oxygen atoms in total. The molecule has 0 heterocycles. The Bertz CT molecular complexity index is 1060. The van der Waals surface area contributed by atoms with Crippen molar-refractivity contribution in [2.75, 3.05) is 23.7 Å². The van der Waals surface area contributed by atoms with Gasteiger partial charge in [0.15, 0.2) is 0 Å². The van der Waals surface area contributed by atoms with Gasteiger partial charge in [0.05, 0.1) is 11.9 Å². The number of carbonyl (C=O) groups is 2. The van der Waals surface area contributed by atoms with Crippen molar-refractivity contribution in [3.63, 3.8) is 0 Å². The summed E-state index contributed by atoms with van der Waals surface area (Å²) in [6.45, 7) is 6.03. The van der Waals surface area contributed by atoms with Crippen LogP contribution in [0.15, 0.2) is 54.6 Å². The van der Waals surface area contributed by atoms with E-state index in [1.807, 2.05) is 44.2 Å². The van der Waals surface area contributed by atoms with Gasteiger partial charge in [-0.25, -0.2) is 12.8 Å². The van der Waals surface area contributed by atoms with Gasteiger partial charge in [-0.1, -0.05) is 37.3 Å². The Morgan fingerprint density at radius 2 is 1.63 bits per heavy atom. The predicted molar refractivity (Wildman–Crippen MR) is 137 cm³/mol. The molecule has 0 aliphatic heterocycles. The summed E-state index contributed by atoms with van der Waals surface area (Å²) in [6.07, 6.45) is 2.78. The first-order valence-electron chi connectivity index (χ1n) is 11.9. The third kappa shape index (κ3) is 8.98. The van der Waals surface area contributed by atoms with Gasteiger partial charge < -0.3 is 10.2 Å². The molecule has 2 rings (SSSR count). The lowest BCUT2D eigenvalue weighted by atomic mass is 10.1. The van der Waals surface area contributed by atoms with Crippen LogP contribution in [0.2, 0.25) is 0 Å². The van der Waals surface area contributed by atoms with Gasteiger partial charge in [0.1, 0.15) is 11.9 Å². The molecule has 2 aromatic carbocycles. The van der Waals surface area contributed by atoms with Crippen molar-refractivity contribution in [3.8, 4) is 0 Å². The van der Waals surface area contributed by atoms with Crippen LogP contribution in [-0.4, -0.2) is 56.6 Å². The Balaban J connectivity index is 2.10. The summed E-state index contributed by atoms with van der Waals surface area (Å²) < 4.78 is 39.0. The van der Waals surface area contributed by atoms with Crippen molar-refractivity contribution in [3.05, 3.63) is 66.0 Å². The molecular weight excluding hydrogens is 469 g/mol. The van der Waals surface area contributed by atoms with E-state index in [2.05, 4.69) is 5.32 Å². The fourth-order valence-electron chi connectivity index (χ4n) is 3.65. The normalized spacial score (nSPS) is 13.1. The van der Waals surface area contributed by atoms with Crippen LogP contribution in [0.1, 0.15) is 45.6 Å². The Kier molecular flexibility index (Phi) is 10.7. The molecule has 0 aliphatic rings. The van der Waals surface area contributed by atoms with Crippen molar-refractivity contribution in [2.24, 2.45) is 0 Å². The maximum absolute atomic E-state index is 13.3. The zero-order valence-electron chi connectivity index (χ0n) is 20.9. The van der Waals surface area contributed by atoms with Gasteiger partial charge in [0.25, 0.3) is 0 Å². The lowest BCUT2D eigenvalue weighted by molar-refractivity contribution is -0.140. The number of rotatable bonds is 13. The zero-order valence-corrected chi connectivity index (χ0v) is 21.7. The monoisotopic (exact) mass is 505 g/mol. The minimum atomic E-state index is -3.62. The van der Waals surface area contributed by atoms with Gasteiger partial charge in [-0.15, -0.1) is 0 Å². The van der Waals surface area contributed by atoms with Crippen molar-refractivity contribution >= 4 is 27.5 Å². The van der Waals surface area contributed by atoms with Crippen molar-refractivity contribution in [2.45, 2.75) is 58.5 Å². The van der Waals surface area contributed by atoms with Crippen molar-refractivity contribution in [1.82, 2.24) is 10.2 Å². The van der Waals surface area contributed by atoms with Gasteiger partial charge in [-0.05, 0) is 62.9 Å². The highest BCUT2D eigenvalue weighted by molar-refractivity contribution is 7.92. The number of hydrogen-bond acceptors (Lipinski definition) is 4. The Labute approximate surface area is 208 Å². The number of hydrogen-bond donors (Lipinski definition) is 1. The van der Waals surface area contributed by atoms with E-state index in [-0.39, 0.29) is 37.2 Å². The standard InChI is InChI=1S/C26H36FN3O4S/c1-5-20(2)28-26(32)21(3)29(19-17-22-10-7-6-8-11-22)25(31)12-9-18-30(35(4,33)34)24-15-13-23(27)14-16-24/h6-8,10-11,13-16,20-21H,5,9,12,17-19H2,1-4H3,(H,28,32)/t20-,21-/m1/s1. The fourth-order valence-corrected chi connectivity index (χ4v) is 4.61. The van der Waals surface area contributed by atoms with Crippen molar-refractivity contribution in [1.29, 1.82) is 0 Å². The van der Waals surface area contributed by atoms with Gasteiger partial charge in [0.2, 0.25) is 21.8 Å². The van der Waals surface area contributed by atoms with Crippen LogP contribution < -0.4 is 9.62 Å². The number of benzene rings is 2. The quantitative estimate of drug-likeness (QED) is 0.449. The molecule has 0 saturated carbocycles. The van der Waals surface area contributed by atoms with Crippen LogP contribution in [-0.2, 0) is 26.0 Å². The number of carbonyl (C=O) groups excluding carboxylic acids is 2. The molecule has 2 atom stereocenters. The molecule has 1 N–H and O–H groups in total. The van der Waals surface area contributed by atoms with Crippen molar-refractivity contribution < 1.29 is 22.4 Å². The SMILES string of the molecule is CC[C@@H](C)NC(=O)[C@@H](C)N(CCc1ccccc1)C(=O)CCCN(c1ccc(F)cc1)S(C)(=O)=O. The molecule has 0 spiro atoms. The third-order valence-corrected chi connectivity index (χ3v) is 7.11. The number of nitrogens with zero attached hydrogens (tertiary/aromatic N) is 2. The summed E-state index contributed by atoms with van der Waals surface area (Å²) in [4.78, 5) is 27.5. The number of halogens is 1. The zero-order chi connectivity index (χ0) is 26.0. The van der Waals surface area contributed by atoms with E-state index in [4.69, 9.17) is 0 Å². The second-order valence-corrected chi connectivity index (χ2v) is 10.6. The summed E-state index contributed by atoms with van der Waals surface area (Å²) in [5.74, 6) is -0.902. The van der Waals surface area contributed by atoms with E-state index in [0.717, 1.165) is 22.5 Å². The Morgan fingerprint density at radius 1 is 1.00 bits per heavy atom. The van der Waals surface area contributed by atoms with Gasteiger partial charge in [-0.3, -0.25) is 13.9 Å². The van der Waals surface area contributed by atoms with E-state index >= 15 is 0 Å². The average Bonchev–Trinajstić information content (AvgIpc) is 2.82. The van der Waals surface area contributed by atoms with Crippen LogP contribution in [0.25, 0.3) is 0 Å². The van der Waals surface area contributed by atoms with Gasteiger partial charge in [0, 0.05) is 25.6 Å². The van der Waals surface area contributed by atoms with Crippen LogP contribution in [0, 0.1) is 5.82 Å². The summed E-state index contributed by atoms with van der Waals surface area (Å²) >= 11 is 0. The van der Waals surface area contributed by atoms with Gasteiger partial charge >= 0.3 is 0 Å². The van der Waals surface area contributed by atoms with Gasteiger partial charge in [-0.2, -0.15) is 0 Å². The lowest BCUT2D eigenvalue weighted by Crippen LogP contribution is -2.50. The molecule has 192 valence electrons. The molecule has 0 saturated heterocycles. The smallest absolute Gasteiger partial charge is 0.242 e. The number of anilines is 1. The highest BCUT2D eigenvalue weighted by Crippen LogP contribution is 2.19. The number of sulfonamides is 1. The summed E-state index contributed by atoms with van der Waals surface area (Å²) in [5.41, 5.74) is 1.39. The largest absolute Gasteiger partial charge is 0.352 e. The molecule has 2 amide bonds. The van der Waals surface area contributed by atoms with E-state index in [1.165, 1.54) is 24.3 Å². The molecule has 0 bridgehead atoms.